The van der Waals surface area contributed by atoms with Gasteiger partial charge in [0.05, 0.1) is 22.4 Å². The second-order valence-corrected chi connectivity index (χ2v) is 8.86. The number of imidazole rings is 1. The molecule has 7 nitrogen and oxygen atoms in total. The molecule has 1 fully saturated rings. The molecule has 1 saturated heterocycles. The molecule has 1 amide bonds. The Balaban J connectivity index is 1.53. The third kappa shape index (κ3) is 3.51. The molecule has 0 bridgehead atoms. The fraction of sp³-hybridized carbons (Fsp3) is 0.174. The maximum Gasteiger partial charge on any atom is 0.274 e. The van der Waals surface area contributed by atoms with Crippen LogP contribution in [0, 0.1) is 0 Å². The van der Waals surface area contributed by atoms with E-state index in [4.69, 9.17) is 16.3 Å². The van der Waals surface area contributed by atoms with Crippen molar-refractivity contribution in [3.63, 3.8) is 0 Å². The molecule has 0 spiro atoms. The van der Waals surface area contributed by atoms with E-state index in [9.17, 15) is 14.7 Å². The molecule has 5 rings (SSSR count). The van der Waals surface area contributed by atoms with Gasteiger partial charge in [-0.2, -0.15) is 0 Å². The van der Waals surface area contributed by atoms with Gasteiger partial charge in [-0.05, 0) is 42.3 Å². The molecule has 0 unspecified atom stereocenters. The number of phenolic OH excluding ortho intramolecular Hbond substituents is 1. The van der Waals surface area contributed by atoms with Gasteiger partial charge in [-0.15, -0.1) is 0 Å². The predicted octanol–water partition coefficient (Wildman–Crippen LogP) is 3.47. The zero-order valence-electron chi connectivity index (χ0n) is 17.0. The number of thiazole rings is 1. The van der Waals surface area contributed by atoms with Gasteiger partial charge in [-0.3, -0.25) is 14.0 Å². The van der Waals surface area contributed by atoms with Crippen LogP contribution in [0.15, 0.2) is 47.4 Å². The van der Waals surface area contributed by atoms with Crippen molar-refractivity contribution < 1.29 is 14.6 Å². The third-order valence-corrected chi connectivity index (χ3v) is 6.67. The predicted molar refractivity (Wildman–Crippen MR) is 125 cm³/mol. The fourth-order valence-corrected chi connectivity index (χ4v) is 4.98. The SMILES string of the molecule is COc1cc(/C=c2\sc3nc(-c4cccc(N5CCCC5=O)c4)cn3c2=O)cc(Cl)c1O. The molecule has 1 N–H and O–H groups in total. The molecule has 1 aliphatic rings. The Morgan fingerprint density at radius 1 is 1.25 bits per heavy atom. The number of carbonyl (C=O) groups is 1. The molecular weight excluding hydrogens is 450 g/mol. The van der Waals surface area contributed by atoms with E-state index in [0.29, 0.717) is 27.2 Å². The molecule has 32 heavy (non-hydrogen) atoms. The number of aromatic nitrogens is 2. The highest BCUT2D eigenvalue weighted by Gasteiger charge is 2.22. The number of fused-ring (bicyclic) bond motifs is 1. The summed E-state index contributed by atoms with van der Waals surface area (Å²) in [5, 5.41) is 10.0. The molecule has 0 radical (unpaired) electrons. The van der Waals surface area contributed by atoms with Gasteiger partial charge in [0.25, 0.3) is 5.56 Å². The first-order chi connectivity index (χ1) is 15.4. The molecule has 0 aliphatic carbocycles. The van der Waals surface area contributed by atoms with E-state index >= 15 is 0 Å². The first kappa shape index (κ1) is 20.5. The van der Waals surface area contributed by atoms with Crippen LogP contribution < -0.4 is 19.7 Å². The van der Waals surface area contributed by atoms with Crippen molar-refractivity contribution in [1.82, 2.24) is 9.38 Å². The van der Waals surface area contributed by atoms with Crippen molar-refractivity contribution >= 4 is 45.6 Å². The van der Waals surface area contributed by atoms with Crippen LogP contribution in [0.5, 0.6) is 11.5 Å². The smallest absolute Gasteiger partial charge is 0.274 e. The number of benzene rings is 2. The number of amides is 1. The summed E-state index contributed by atoms with van der Waals surface area (Å²) in [6.45, 7) is 0.719. The number of ether oxygens (including phenoxy) is 1. The first-order valence-electron chi connectivity index (χ1n) is 9.95. The Kier molecular flexibility index (Phi) is 5.11. The van der Waals surface area contributed by atoms with Crippen molar-refractivity contribution in [1.29, 1.82) is 0 Å². The molecule has 1 aliphatic heterocycles. The number of hydrogen-bond donors (Lipinski definition) is 1. The van der Waals surface area contributed by atoms with Crippen LogP contribution in [-0.2, 0) is 4.79 Å². The van der Waals surface area contributed by atoms with E-state index in [-0.39, 0.29) is 28.0 Å². The quantitative estimate of drug-likeness (QED) is 0.497. The molecule has 0 atom stereocenters. The van der Waals surface area contributed by atoms with E-state index in [0.717, 1.165) is 24.2 Å². The summed E-state index contributed by atoms with van der Waals surface area (Å²) in [6.07, 6.45) is 4.83. The van der Waals surface area contributed by atoms with Crippen molar-refractivity contribution in [2.24, 2.45) is 0 Å². The average molecular weight is 468 g/mol. The van der Waals surface area contributed by atoms with Gasteiger partial charge < -0.3 is 14.7 Å². The summed E-state index contributed by atoms with van der Waals surface area (Å²) < 4.78 is 7.12. The topological polar surface area (TPSA) is 84.1 Å². The zero-order chi connectivity index (χ0) is 22.4. The number of rotatable bonds is 4. The number of anilines is 1. The van der Waals surface area contributed by atoms with Gasteiger partial charge in [0, 0.05) is 30.4 Å². The molecule has 0 saturated carbocycles. The lowest BCUT2D eigenvalue weighted by Crippen LogP contribution is -2.23. The monoisotopic (exact) mass is 467 g/mol. The van der Waals surface area contributed by atoms with Gasteiger partial charge in [0.15, 0.2) is 16.5 Å². The number of nitrogens with zero attached hydrogens (tertiary/aromatic N) is 3. The van der Waals surface area contributed by atoms with Crippen molar-refractivity contribution in [2.75, 3.05) is 18.6 Å². The van der Waals surface area contributed by atoms with E-state index in [1.54, 1.807) is 29.3 Å². The number of carbonyl (C=O) groups excluding carboxylic acids is 1. The molecule has 4 aromatic rings. The normalized spacial score (nSPS) is 14.6. The minimum Gasteiger partial charge on any atom is -0.503 e. The van der Waals surface area contributed by atoms with Gasteiger partial charge in [0.2, 0.25) is 5.91 Å². The lowest BCUT2D eigenvalue weighted by atomic mass is 10.1. The van der Waals surface area contributed by atoms with Gasteiger partial charge in [-0.1, -0.05) is 35.1 Å². The van der Waals surface area contributed by atoms with Crippen molar-refractivity contribution in [3.05, 3.63) is 68.1 Å². The fourth-order valence-electron chi connectivity index (χ4n) is 3.81. The van der Waals surface area contributed by atoms with Crippen molar-refractivity contribution in [2.45, 2.75) is 12.8 Å². The van der Waals surface area contributed by atoms with E-state index in [2.05, 4.69) is 4.98 Å². The maximum absolute atomic E-state index is 12.9. The minimum atomic E-state index is -0.196. The van der Waals surface area contributed by atoms with Crippen LogP contribution >= 0.6 is 22.9 Å². The lowest BCUT2D eigenvalue weighted by Gasteiger charge is -2.16. The van der Waals surface area contributed by atoms with Crippen LogP contribution in [-0.4, -0.2) is 34.1 Å². The van der Waals surface area contributed by atoms with Gasteiger partial charge in [0.1, 0.15) is 0 Å². The van der Waals surface area contributed by atoms with E-state index < -0.39 is 0 Å². The minimum absolute atomic E-state index is 0.126. The Morgan fingerprint density at radius 3 is 2.81 bits per heavy atom. The molecule has 2 aromatic carbocycles. The third-order valence-electron chi connectivity index (χ3n) is 5.40. The highest BCUT2D eigenvalue weighted by molar-refractivity contribution is 7.15. The average Bonchev–Trinajstić information content (AvgIpc) is 3.47. The standard InChI is InChI=1S/C23H18ClN3O4S/c1-31-18-9-13(8-16(24)21(18)29)10-19-22(30)27-12-17(25-23(27)32-19)14-4-2-5-15(11-14)26-7-3-6-20(26)28/h2,4-5,8-12,29H,3,6-7H2,1H3/b19-10-. The second kappa shape index (κ2) is 7.96. The number of halogens is 1. The highest BCUT2D eigenvalue weighted by atomic mass is 35.5. The lowest BCUT2D eigenvalue weighted by molar-refractivity contribution is -0.117. The Hall–Kier alpha value is -3.36. The summed E-state index contributed by atoms with van der Waals surface area (Å²) in [5.74, 6) is 0.217. The second-order valence-electron chi connectivity index (χ2n) is 7.45. The van der Waals surface area contributed by atoms with Crippen LogP contribution in [0.2, 0.25) is 5.02 Å². The number of hydrogen-bond acceptors (Lipinski definition) is 6. The molecular formula is C23H18ClN3O4S. The summed E-state index contributed by atoms with van der Waals surface area (Å²) in [4.78, 5) is 32.0. The molecule has 3 heterocycles. The maximum atomic E-state index is 12.9. The van der Waals surface area contributed by atoms with E-state index in [1.807, 2.05) is 24.3 Å². The van der Waals surface area contributed by atoms with Crippen LogP contribution in [0.4, 0.5) is 5.69 Å². The zero-order valence-corrected chi connectivity index (χ0v) is 18.6. The van der Waals surface area contributed by atoms with Gasteiger partial charge >= 0.3 is 0 Å². The van der Waals surface area contributed by atoms with Crippen molar-refractivity contribution in [3.8, 4) is 22.8 Å². The Bertz CT molecular complexity index is 1480. The summed E-state index contributed by atoms with van der Waals surface area (Å²) >= 11 is 7.31. The summed E-state index contributed by atoms with van der Waals surface area (Å²) in [5.41, 5.74) is 2.80. The number of aromatic hydroxyl groups is 1. The molecule has 2 aromatic heterocycles. The van der Waals surface area contributed by atoms with Crippen LogP contribution in [0.25, 0.3) is 22.3 Å². The largest absolute Gasteiger partial charge is 0.503 e. The summed E-state index contributed by atoms with van der Waals surface area (Å²) in [7, 11) is 1.43. The van der Waals surface area contributed by atoms with Crippen LogP contribution in [0.1, 0.15) is 18.4 Å². The first-order valence-corrected chi connectivity index (χ1v) is 11.1. The Morgan fingerprint density at radius 2 is 2.09 bits per heavy atom. The van der Waals surface area contributed by atoms with Gasteiger partial charge in [-0.25, -0.2) is 4.98 Å². The highest BCUT2D eigenvalue weighted by Crippen LogP contribution is 2.35. The van der Waals surface area contributed by atoms with E-state index in [1.165, 1.54) is 22.8 Å². The number of methoxy groups -OCH3 is 1. The molecule has 9 heteroatoms. The van der Waals surface area contributed by atoms with Crippen LogP contribution in [0.3, 0.4) is 0 Å². The summed E-state index contributed by atoms with van der Waals surface area (Å²) in [6, 6.07) is 10.8. The Labute approximate surface area is 191 Å². The molecule has 162 valence electrons. The number of phenols is 1.